The van der Waals surface area contributed by atoms with Crippen molar-refractivity contribution in [1.29, 1.82) is 0 Å². The molecule has 0 spiro atoms. The first-order chi connectivity index (χ1) is 23.6. The van der Waals surface area contributed by atoms with Crippen LogP contribution in [0.25, 0.3) is 0 Å². The highest BCUT2D eigenvalue weighted by Crippen LogP contribution is 2.49. The Morgan fingerprint density at radius 1 is 0.980 bits per heavy atom. The summed E-state index contributed by atoms with van der Waals surface area (Å²) in [6.07, 6.45) is 8.40. The Morgan fingerprint density at radius 2 is 1.80 bits per heavy atom. The fourth-order valence-electron chi connectivity index (χ4n) is 8.55. The quantitative estimate of drug-likeness (QED) is 0.100. The van der Waals surface area contributed by atoms with Gasteiger partial charge in [0.1, 0.15) is 29.0 Å². The molecular weight excluding hydrogens is 620 g/mol. The number of phenolic OH excluding ortho intramolecular Hbond substituents is 1. The minimum atomic E-state index is -1.40. The lowest BCUT2D eigenvalue weighted by molar-refractivity contribution is -0.187. The molecule has 2 aliphatic carbocycles. The largest absolute Gasteiger partial charge is 0.508 e. The molecule has 3 N–H and O–H groups in total. The Hall–Kier alpha value is -3.93. The molecule has 2 heterocycles. The molecule has 49 heavy (non-hydrogen) atoms. The Balaban J connectivity index is 1.44. The second-order valence-corrected chi connectivity index (χ2v) is 14.4. The van der Waals surface area contributed by atoms with Gasteiger partial charge in [-0.15, -0.1) is 0 Å². The third-order valence-electron chi connectivity index (χ3n) is 11.3. The van der Waals surface area contributed by atoms with Crippen LogP contribution in [0.4, 0.5) is 0 Å². The van der Waals surface area contributed by atoms with E-state index in [0.29, 0.717) is 48.8 Å². The molecule has 2 aromatic carbocycles. The molecule has 2 bridgehead atoms. The van der Waals surface area contributed by atoms with Crippen molar-refractivity contribution in [2.45, 2.75) is 127 Å². The number of carbonyl (C=O) groups is 3. The lowest BCUT2D eigenvalue weighted by Gasteiger charge is -2.50. The van der Waals surface area contributed by atoms with Gasteiger partial charge in [-0.1, -0.05) is 62.3 Å². The predicted molar refractivity (Wildman–Crippen MR) is 184 cm³/mol. The number of esters is 2. The van der Waals surface area contributed by atoms with Gasteiger partial charge in [0.25, 0.3) is 0 Å². The Bertz CT molecular complexity index is 1690. The number of Topliss-reactive ketones (excluding diaryl/α,β-unsaturated/α-hetero) is 1. The number of ketones is 1. The summed E-state index contributed by atoms with van der Waals surface area (Å²) in [7, 11) is 0. The first-order valence-corrected chi connectivity index (χ1v) is 18.0. The van der Waals surface area contributed by atoms with E-state index in [1.807, 2.05) is 18.2 Å². The molecule has 0 aromatic heterocycles. The van der Waals surface area contributed by atoms with E-state index in [1.165, 1.54) is 6.07 Å². The number of aryl methyl sites for hydroxylation is 1. The number of benzene rings is 2. The maximum atomic E-state index is 14.1. The van der Waals surface area contributed by atoms with Crippen LogP contribution in [0, 0.1) is 23.7 Å². The minimum absolute atomic E-state index is 0.00819. The normalized spacial score (nSPS) is 29.3. The van der Waals surface area contributed by atoms with Crippen LogP contribution in [0.1, 0.15) is 124 Å². The summed E-state index contributed by atoms with van der Waals surface area (Å²) in [6, 6.07) is 9.20. The number of phenols is 1. The zero-order valence-electron chi connectivity index (χ0n) is 28.6. The summed E-state index contributed by atoms with van der Waals surface area (Å²) < 4.78 is 11.9. The Labute approximate surface area is 288 Å². The molecule has 0 unspecified atom stereocenters. The smallest absolute Gasteiger partial charge is 0.334 e. The summed E-state index contributed by atoms with van der Waals surface area (Å²) in [5.74, 6) is 4.84. The number of aromatic hydroxyl groups is 1. The number of hydrogen-bond donors (Lipinski definition) is 3. The molecule has 4 aliphatic rings. The van der Waals surface area contributed by atoms with Crippen molar-refractivity contribution in [1.82, 2.24) is 0 Å². The third kappa shape index (κ3) is 7.34. The van der Waals surface area contributed by atoms with Gasteiger partial charge in [-0.3, -0.25) is 9.59 Å². The Kier molecular flexibility index (Phi) is 10.6. The third-order valence-corrected chi connectivity index (χ3v) is 11.3. The maximum Gasteiger partial charge on any atom is 0.334 e. The van der Waals surface area contributed by atoms with Crippen LogP contribution < -0.4 is 4.74 Å². The fourth-order valence-corrected chi connectivity index (χ4v) is 8.55. The predicted octanol–water partition coefficient (Wildman–Crippen LogP) is 6.50. The number of ether oxygens (including phenoxy) is 2. The molecule has 6 atom stereocenters. The SMILES string of the molecule is CC=C1C[C@H](c2ccc(CCCCC)c(CO)c2)C#C[C@H]2CC(=O)Oc3cc(O)c(cc32)C[C@H]([C@@]2(O)CCC[C@H]3CC(=O)CC[C@@H]32)OC1=O. The van der Waals surface area contributed by atoms with Gasteiger partial charge >= 0.3 is 11.9 Å². The molecule has 2 fully saturated rings. The van der Waals surface area contributed by atoms with Gasteiger partial charge in [0.15, 0.2) is 0 Å². The number of aliphatic hydroxyl groups excluding tert-OH is 1. The summed E-state index contributed by atoms with van der Waals surface area (Å²) in [5.41, 5.74) is 2.89. The molecule has 2 saturated carbocycles. The van der Waals surface area contributed by atoms with Crippen molar-refractivity contribution in [2.75, 3.05) is 0 Å². The second-order valence-electron chi connectivity index (χ2n) is 14.4. The van der Waals surface area contributed by atoms with E-state index in [0.717, 1.165) is 48.8 Å². The molecule has 8 nitrogen and oxygen atoms in total. The fraction of sp³-hybridized carbons (Fsp3) is 0.537. The highest BCUT2D eigenvalue weighted by molar-refractivity contribution is 5.89. The zero-order chi connectivity index (χ0) is 34.7. The summed E-state index contributed by atoms with van der Waals surface area (Å²) in [4.78, 5) is 39.2. The first kappa shape index (κ1) is 34.9. The van der Waals surface area contributed by atoms with Gasteiger partial charge in [0.2, 0.25) is 0 Å². The number of allylic oxidation sites excluding steroid dienone is 1. The summed E-state index contributed by atoms with van der Waals surface area (Å²) in [6.45, 7) is 3.82. The van der Waals surface area contributed by atoms with E-state index in [2.05, 4.69) is 18.8 Å². The van der Waals surface area contributed by atoms with Gasteiger partial charge < -0.3 is 24.8 Å². The second kappa shape index (κ2) is 14.9. The summed E-state index contributed by atoms with van der Waals surface area (Å²) >= 11 is 0. The average molecular weight is 669 g/mol. The average Bonchev–Trinajstić information content (AvgIpc) is 3.09. The van der Waals surface area contributed by atoms with Crippen LogP contribution in [-0.2, 0) is 38.6 Å². The van der Waals surface area contributed by atoms with Crippen molar-refractivity contribution in [3.63, 3.8) is 0 Å². The molecule has 2 aromatic rings. The lowest BCUT2D eigenvalue weighted by Crippen LogP contribution is -2.57. The van der Waals surface area contributed by atoms with E-state index in [9.17, 15) is 29.7 Å². The molecule has 0 amide bonds. The number of carbonyl (C=O) groups excluding carboxylic acids is 3. The lowest BCUT2D eigenvalue weighted by atomic mass is 9.60. The minimum Gasteiger partial charge on any atom is -0.508 e. The standard InChI is InChI=1S/C41H48O8/c1-3-5-6-8-26-10-11-28(18-32(26)24-42)27-12-13-29-22-39(45)48-37-23-36(44)31(20-34(29)37)21-38(49-40(46)25(4-2)17-27)41(47)16-7-9-30-19-33(43)14-15-35(30)41/h4,10-11,18,20,23,27,29-30,35,38,42,44,47H,3,5-9,14-17,19,21-22,24H2,1-2H3/t27-,29+,30+,35+,38-,41-/m1/s1. The number of unbranched alkanes of at least 4 members (excludes halogenated alkanes) is 2. The van der Waals surface area contributed by atoms with Gasteiger partial charge in [0, 0.05) is 42.4 Å². The van der Waals surface area contributed by atoms with E-state index in [-0.39, 0.29) is 55.0 Å². The summed E-state index contributed by atoms with van der Waals surface area (Å²) in [5, 5.41) is 34.0. The van der Waals surface area contributed by atoms with Gasteiger partial charge in [-0.2, -0.15) is 0 Å². The molecule has 6 rings (SSSR count). The number of fused-ring (bicyclic) bond motifs is 2. The number of rotatable bonds is 7. The Morgan fingerprint density at radius 3 is 2.57 bits per heavy atom. The maximum absolute atomic E-state index is 14.1. The van der Waals surface area contributed by atoms with E-state index in [1.54, 1.807) is 19.1 Å². The van der Waals surface area contributed by atoms with Crippen molar-refractivity contribution in [3.05, 3.63) is 69.8 Å². The van der Waals surface area contributed by atoms with Crippen LogP contribution in [0.5, 0.6) is 11.5 Å². The number of hydrogen-bond acceptors (Lipinski definition) is 8. The molecule has 0 radical (unpaired) electrons. The monoisotopic (exact) mass is 668 g/mol. The van der Waals surface area contributed by atoms with Crippen LogP contribution >= 0.6 is 0 Å². The first-order valence-electron chi connectivity index (χ1n) is 18.0. The molecular formula is C41H48O8. The highest BCUT2D eigenvalue weighted by atomic mass is 16.6. The topological polar surface area (TPSA) is 130 Å². The zero-order valence-corrected chi connectivity index (χ0v) is 28.6. The van der Waals surface area contributed by atoms with Gasteiger partial charge in [0.05, 0.1) is 18.9 Å². The molecule has 260 valence electrons. The van der Waals surface area contributed by atoms with Crippen molar-refractivity contribution in [2.24, 2.45) is 11.8 Å². The van der Waals surface area contributed by atoms with Crippen LogP contribution in [0.15, 0.2) is 42.0 Å². The van der Waals surface area contributed by atoms with Crippen LogP contribution in [0.2, 0.25) is 0 Å². The van der Waals surface area contributed by atoms with Crippen molar-refractivity contribution >= 4 is 17.7 Å². The molecule has 0 saturated heterocycles. The van der Waals surface area contributed by atoms with Crippen LogP contribution in [-0.4, -0.2) is 44.7 Å². The van der Waals surface area contributed by atoms with Crippen molar-refractivity contribution in [3.8, 4) is 23.3 Å². The van der Waals surface area contributed by atoms with Crippen LogP contribution in [0.3, 0.4) is 0 Å². The van der Waals surface area contributed by atoms with Gasteiger partial charge in [-0.05, 0) is 85.6 Å². The molecule has 8 heteroatoms. The van der Waals surface area contributed by atoms with E-state index in [4.69, 9.17) is 9.47 Å². The molecule has 2 aliphatic heterocycles. The van der Waals surface area contributed by atoms with E-state index >= 15 is 0 Å². The van der Waals surface area contributed by atoms with Gasteiger partial charge in [-0.25, -0.2) is 4.79 Å². The van der Waals surface area contributed by atoms with E-state index < -0.39 is 35.5 Å². The number of cyclic esters (lactones) is 1. The number of aliphatic hydroxyl groups is 2. The highest BCUT2D eigenvalue weighted by Gasteiger charge is 2.52. The van der Waals surface area contributed by atoms with Crippen molar-refractivity contribution < 1.29 is 39.2 Å².